The van der Waals surface area contributed by atoms with Crippen LogP contribution in [0.2, 0.25) is 0 Å². The molecule has 0 aliphatic carbocycles. The first-order chi connectivity index (χ1) is 16.9. The van der Waals surface area contributed by atoms with E-state index >= 15 is 0 Å². The summed E-state index contributed by atoms with van der Waals surface area (Å²) in [5, 5.41) is 0. The second-order valence-electron chi connectivity index (χ2n) is 11.5. The van der Waals surface area contributed by atoms with Crippen molar-refractivity contribution >= 4 is 5.97 Å². The minimum absolute atomic E-state index is 0.00245. The molecule has 0 heterocycles. The van der Waals surface area contributed by atoms with Crippen LogP contribution in [0.25, 0.3) is 0 Å². The molecule has 0 aliphatic rings. The van der Waals surface area contributed by atoms with Crippen LogP contribution in [0.1, 0.15) is 149 Å². The molecule has 35 heavy (non-hydrogen) atoms. The van der Waals surface area contributed by atoms with Crippen LogP contribution in [0.3, 0.4) is 0 Å². The number of rotatable bonds is 22. The van der Waals surface area contributed by atoms with Crippen LogP contribution in [0.15, 0.2) is 30.3 Å². The molecule has 1 atom stereocenters. The molecular weight excluding hydrogens is 432 g/mol. The first-order valence-electron chi connectivity index (χ1n) is 14.7. The normalized spacial score (nSPS) is 12.6. The number of benzene rings is 1. The molecule has 0 fully saturated rings. The third kappa shape index (κ3) is 19.5. The lowest BCUT2D eigenvalue weighted by atomic mass is 9.97. The standard InChI is InChI=1S/C32H56O3/c1-5-6-7-14-21-26-31(33)34-27-22-16-13-11-9-8-10-12-15-20-25-30(35-28-32(2,3)4)29-23-18-17-19-24-29/h17-19,23-24,30H,5-16,20-22,25-28H2,1-4H3. The Morgan fingerprint density at radius 2 is 1.29 bits per heavy atom. The van der Waals surface area contributed by atoms with Gasteiger partial charge in [0.1, 0.15) is 0 Å². The first kappa shape index (κ1) is 31.7. The molecule has 0 bridgehead atoms. The summed E-state index contributed by atoms with van der Waals surface area (Å²) in [7, 11) is 0. The highest BCUT2D eigenvalue weighted by Gasteiger charge is 2.17. The molecule has 0 radical (unpaired) electrons. The fourth-order valence-corrected chi connectivity index (χ4v) is 4.34. The quantitative estimate of drug-likeness (QED) is 0.120. The molecule has 1 aromatic rings. The first-order valence-corrected chi connectivity index (χ1v) is 14.7. The van der Waals surface area contributed by atoms with Gasteiger partial charge in [-0.1, -0.05) is 141 Å². The number of hydrogen-bond acceptors (Lipinski definition) is 3. The molecule has 1 unspecified atom stereocenters. The van der Waals surface area contributed by atoms with Crippen LogP contribution in [0.5, 0.6) is 0 Å². The maximum atomic E-state index is 11.7. The van der Waals surface area contributed by atoms with E-state index in [4.69, 9.17) is 9.47 Å². The molecule has 1 aromatic carbocycles. The van der Waals surface area contributed by atoms with Gasteiger partial charge >= 0.3 is 5.97 Å². The minimum Gasteiger partial charge on any atom is -0.466 e. The second-order valence-corrected chi connectivity index (χ2v) is 11.5. The molecule has 3 heteroatoms. The average molecular weight is 489 g/mol. The molecule has 0 aromatic heterocycles. The van der Waals surface area contributed by atoms with E-state index in [0.29, 0.717) is 13.0 Å². The lowest BCUT2D eigenvalue weighted by Crippen LogP contribution is -2.17. The predicted molar refractivity (Wildman–Crippen MR) is 150 cm³/mol. The zero-order valence-corrected chi connectivity index (χ0v) is 23.6. The Morgan fingerprint density at radius 3 is 1.89 bits per heavy atom. The number of esters is 1. The summed E-state index contributed by atoms with van der Waals surface area (Å²) in [5.74, 6) is -0.00245. The van der Waals surface area contributed by atoms with Crippen LogP contribution < -0.4 is 0 Å². The van der Waals surface area contributed by atoms with Crippen molar-refractivity contribution in [1.82, 2.24) is 0 Å². The van der Waals surface area contributed by atoms with Crippen LogP contribution in [0, 0.1) is 5.41 Å². The van der Waals surface area contributed by atoms with Gasteiger partial charge in [-0.15, -0.1) is 0 Å². The van der Waals surface area contributed by atoms with Crippen molar-refractivity contribution in [2.75, 3.05) is 13.2 Å². The van der Waals surface area contributed by atoms with Gasteiger partial charge in [0.2, 0.25) is 0 Å². The van der Waals surface area contributed by atoms with Gasteiger partial charge in [-0.25, -0.2) is 0 Å². The summed E-state index contributed by atoms with van der Waals surface area (Å²) in [6, 6.07) is 10.7. The van der Waals surface area contributed by atoms with Crippen LogP contribution in [-0.2, 0) is 14.3 Å². The third-order valence-corrected chi connectivity index (χ3v) is 6.50. The Morgan fingerprint density at radius 1 is 0.743 bits per heavy atom. The van der Waals surface area contributed by atoms with Gasteiger partial charge in [-0.2, -0.15) is 0 Å². The van der Waals surface area contributed by atoms with Crippen molar-refractivity contribution in [2.24, 2.45) is 5.41 Å². The molecule has 0 spiro atoms. The molecule has 1 rings (SSSR count). The van der Waals surface area contributed by atoms with Crippen molar-refractivity contribution in [3.05, 3.63) is 35.9 Å². The summed E-state index contributed by atoms with van der Waals surface area (Å²) in [4.78, 5) is 11.7. The van der Waals surface area contributed by atoms with Crippen molar-refractivity contribution in [3.8, 4) is 0 Å². The third-order valence-electron chi connectivity index (χ3n) is 6.50. The van der Waals surface area contributed by atoms with E-state index in [-0.39, 0.29) is 17.5 Å². The summed E-state index contributed by atoms with van der Waals surface area (Å²) < 4.78 is 11.7. The van der Waals surface area contributed by atoms with Gasteiger partial charge in [0.05, 0.1) is 19.3 Å². The molecule has 0 saturated carbocycles. The molecule has 0 N–H and O–H groups in total. The van der Waals surface area contributed by atoms with Crippen molar-refractivity contribution in [1.29, 1.82) is 0 Å². The second kappa shape index (κ2) is 20.8. The molecular formula is C32H56O3. The molecule has 0 aliphatic heterocycles. The minimum atomic E-state index is -0.00245. The van der Waals surface area contributed by atoms with Crippen molar-refractivity contribution in [3.63, 3.8) is 0 Å². The van der Waals surface area contributed by atoms with Gasteiger partial charge in [0.15, 0.2) is 0 Å². The van der Waals surface area contributed by atoms with Gasteiger partial charge in [-0.3, -0.25) is 4.79 Å². The zero-order chi connectivity index (χ0) is 25.6. The van der Waals surface area contributed by atoms with Gasteiger partial charge in [0.25, 0.3) is 0 Å². The van der Waals surface area contributed by atoms with E-state index in [1.807, 2.05) is 0 Å². The SMILES string of the molecule is CCCCCCCC(=O)OCCCCCCCCCCCCC(OCC(C)(C)C)c1ccccc1. The molecule has 202 valence electrons. The zero-order valence-electron chi connectivity index (χ0n) is 23.6. The Bertz CT molecular complexity index is 605. The van der Waals surface area contributed by atoms with Gasteiger partial charge < -0.3 is 9.47 Å². The van der Waals surface area contributed by atoms with Crippen molar-refractivity contribution in [2.45, 2.75) is 143 Å². The number of ether oxygens (including phenoxy) is 2. The van der Waals surface area contributed by atoms with E-state index in [2.05, 4.69) is 58.0 Å². The highest BCUT2D eigenvalue weighted by atomic mass is 16.5. The molecule has 3 nitrogen and oxygen atoms in total. The molecule has 0 saturated heterocycles. The lowest BCUT2D eigenvalue weighted by molar-refractivity contribution is -0.143. The monoisotopic (exact) mass is 488 g/mol. The summed E-state index contributed by atoms with van der Waals surface area (Å²) in [6.45, 7) is 10.3. The van der Waals surface area contributed by atoms with E-state index in [0.717, 1.165) is 32.3 Å². The van der Waals surface area contributed by atoms with Crippen molar-refractivity contribution < 1.29 is 14.3 Å². The Balaban J connectivity index is 1.95. The highest BCUT2D eigenvalue weighted by molar-refractivity contribution is 5.69. The Labute approximate surface area is 217 Å². The predicted octanol–water partition coefficient (Wildman–Crippen LogP) is 9.99. The summed E-state index contributed by atoms with van der Waals surface area (Å²) in [5.41, 5.74) is 1.51. The van der Waals surface area contributed by atoms with E-state index in [1.165, 1.54) is 82.6 Å². The fourth-order valence-electron chi connectivity index (χ4n) is 4.34. The van der Waals surface area contributed by atoms with E-state index in [1.54, 1.807) is 0 Å². The van der Waals surface area contributed by atoms with Crippen LogP contribution in [0.4, 0.5) is 0 Å². The largest absolute Gasteiger partial charge is 0.466 e. The summed E-state index contributed by atoms with van der Waals surface area (Å²) >= 11 is 0. The number of unbranched alkanes of at least 4 members (excludes halogenated alkanes) is 13. The Hall–Kier alpha value is -1.35. The number of hydrogen-bond donors (Lipinski definition) is 0. The lowest BCUT2D eigenvalue weighted by Gasteiger charge is -2.24. The fraction of sp³-hybridized carbons (Fsp3) is 0.781. The highest BCUT2D eigenvalue weighted by Crippen LogP contribution is 2.27. The van der Waals surface area contributed by atoms with Crippen LogP contribution in [-0.4, -0.2) is 19.2 Å². The Kier molecular flexibility index (Phi) is 18.8. The van der Waals surface area contributed by atoms with Gasteiger partial charge in [0, 0.05) is 6.42 Å². The number of carbonyl (C=O) groups is 1. The maximum absolute atomic E-state index is 11.7. The average Bonchev–Trinajstić information content (AvgIpc) is 2.83. The topological polar surface area (TPSA) is 35.5 Å². The smallest absolute Gasteiger partial charge is 0.305 e. The van der Waals surface area contributed by atoms with Gasteiger partial charge in [-0.05, 0) is 30.2 Å². The summed E-state index contributed by atoms with van der Waals surface area (Å²) in [6.07, 6.45) is 20.5. The molecule has 0 amide bonds. The number of carbonyl (C=O) groups excluding carboxylic acids is 1. The van der Waals surface area contributed by atoms with E-state index < -0.39 is 0 Å². The van der Waals surface area contributed by atoms with Crippen LogP contribution >= 0.6 is 0 Å². The maximum Gasteiger partial charge on any atom is 0.305 e. The van der Waals surface area contributed by atoms with E-state index in [9.17, 15) is 4.79 Å².